The molecule has 0 unspecified atom stereocenters. The molecule has 6 rings (SSSR count). The zero-order valence-electron chi connectivity index (χ0n) is 20.6. The van der Waals surface area contributed by atoms with Crippen molar-refractivity contribution in [2.75, 3.05) is 19.6 Å². The van der Waals surface area contributed by atoms with E-state index in [9.17, 15) is 5.11 Å². The van der Waals surface area contributed by atoms with Gasteiger partial charge in [-0.3, -0.25) is 0 Å². The molecule has 1 aliphatic carbocycles. The second kappa shape index (κ2) is 9.43. The van der Waals surface area contributed by atoms with Gasteiger partial charge in [0, 0.05) is 24.3 Å². The molecule has 1 N–H and O–H groups in total. The van der Waals surface area contributed by atoms with E-state index in [1.165, 1.54) is 17.5 Å². The van der Waals surface area contributed by atoms with Crippen molar-refractivity contribution in [2.24, 2.45) is 0 Å². The number of quaternary nitrogens is 1. The van der Waals surface area contributed by atoms with Gasteiger partial charge in [0.25, 0.3) is 0 Å². The van der Waals surface area contributed by atoms with E-state index in [4.69, 9.17) is 0 Å². The van der Waals surface area contributed by atoms with E-state index in [1.54, 1.807) is 0 Å². The molecule has 4 aromatic rings. The Bertz CT molecular complexity index is 1370. The molecule has 2 aliphatic rings. The van der Waals surface area contributed by atoms with E-state index in [1.807, 2.05) is 36.4 Å². The van der Waals surface area contributed by atoms with Gasteiger partial charge in [-0.2, -0.15) is 0 Å². The van der Waals surface area contributed by atoms with E-state index in [0.29, 0.717) is 12.3 Å². The maximum Gasteiger partial charge on any atom is 0.141 e. The Morgan fingerprint density at radius 1 is 0.722 bits per heavy atom. The minimum Gasteiger partial charge on any atom is -0.379 e. The molecule has 0 amide bonds. The molecule has 0 bridgehead atoms. The first kappa shape index (κ1) is 22.8. The molecular weight excluding hydrogens is 438 g/mol. The molecule has 1 saturated heterocycles. The summed E-state index contributed by atoms with van der Waals surface area (Å²) in [5.41, 5.74) is 5.93. The topological polar surface area (TPSA) is 20.2 Å². The predicted octanol–water partition coefficient (Wildman–Crippen LogP) is 6.50. The molecule has 1 fully saturated rings. The highest BCUT2D eigenvalue weighted by atomic mass is 16.3. The normalized spacial score (nSPS) is 21.3. The van der Waals surface area contributed by atoms with Gasteiger partial charge in [0.05, 0.1) is 13.1 Å². The van der Waals surface area contributed by atoms with Gasteiger partial charge in [0.15, 0.2) is 0 Å². The first-order chi connectivity index (χ1) is 17.7. The Morgan fingerprint density at radius 2 is 1.31 bits per heavy atom. The van der Waals surface area contributed by atoms with Crippen LogP contribution in [-0.4, -0.2) is 29.2 Å². The second-order valence-electron chi connectivity index (χ2n) is 10.4. The molecule has 0 aromatic heterocycles. The van der Waals surface area contributed by atoms with Crippen LogP contribution in [0.4, 0.5) is 0 Å². The van der Waals surface area contributed by atoms with Crippen LogP contribution in [0.2, 0.25) is 0 Å². The molecule has 0 spiro atoms. The maximum atomic E-state index is 11.9. The fraction of sp³-hybridized carbons (Fsp3) is 0.235. The van der Waals surface area contributed by atoms with E-state index in [-0.39, 0.29) is 0 Å². The zero-order chi connectivity index (χ0) is 24.4. The van der Waals surface area contributed by atoms with Gasteiger partial charge in [-0.25, -0.2) is 0 Å². The number of likely N-dealkylation sites (tertiary alicyclic amines) is 1. The summed E-state index contributed by atoms with van der Waals surface area (Å²) in [6.45, 7) is 4.02. The van der Waals surface area contributed by atoms with E-state index in [0.717, 1.165) is 52.9 Å². The average Bonchev–Trinajstić information content (AvgIpc) is 3.46. The van der Waals surface area contributed by atoms with Gasteiger partial charge >= 0.3 is 0 Å². The number of nitrogens with zero attached hydrogens (tertiary/aromatic N) is 1. The highest BCUT2D eigenvalue weighted by molar-refractivity contribution is 5.80. The maximum absolute atomic E-state index is 11.9. The van der Waals surface area contributed by atoms with Gasteiger partial charge < -0.3 is 9.59 Å². The summed E-state index contributed by atoms with van der Waals surface area (Å²) in [6.07, 6.45) is 1.59. The molecule has 1 heterocycles. The summed E-state index contributed by atoms with van der Waals surface area (Å²) in [5.74, 6) is 7.53. The molecule has 2 heteroatoms. The number of rotatable bonds is 5. The number of hydrogen-bond acceptors (Lipinski definition) is 1. The molecule has 36 heavy (non-hydrogen) atoms. The highest BCUT2D eigenvalue weighted by Crippen LogP contribution is 2.48. The van der Waals surface area contributed by atoms with Gasteiger partial charge in [-0.1, -0.05) is 115 Å². The predicted molar refractivity (Wildman–Crippen MR) is 146 cm³/mol. The number of benzene rings is 4. The standard InChI is InChI=1S/C34H32NO/c36-34(32-19-9-7-17-30(32)31-18-8-10-20-33(31)34)22-11-12-23-35(25-27-13-3-1-4-14-27)24-21-29(26-35)28-15-5-2-6-16-28/h1-10,13-20,29,36H,21-26H2/q+1/t29-,35+/m0/s1. The first-order valence-corrected chi connectivity index (χ1v) is 13.0. The molecule has 2 nitrogen and oxygen atoms in total. The summed E-state index contributed by atoms with van der Waals surface area (Å²) in [4.78, 5) is 0. The molecule has 2 atom stereocenters. The Hall–Kier alpha value is -3.64. The molecule has 0 saturated carbocycles. The third-order valence-corrected chi connectivity index (χ3v) is 8.11. The fourth-order valence-electron chi connectivity index (χ4n) is 6.30. The van der Waals surface area contributed by atoms with Crippen LogP contribution >= 0.6 is 0 Å². The largest absolute Gasteiger partial charge is 0.379 e. The summed E-state index contributed by atoms with van der Waals surface area (Å²) < 4.78 is 0.974. The number of aliphatic hydroxyl groups is 1. The van der Waals surface area contributed by atoms with E-state index >= 15 is 0 Å². The highest BCUT2D eigenvalue weighted by Gasteiger charge is 2.41. The smallest absolute Gasteiger partial charge is 0.141 e. The number of fused-ring (bicyclic) bond motifs is 3. The summed E-state index contributed by atoms with van der Waals surface area (Å²) >= 11 is 0. The zero-order valence-corrected chi connectivity index (χ0v) is 20.6. The Balaban J connectivity index is 1.26. The van der Waals surface area contributed by atoms with Crippen molar-refractivity contribution >= 4 is 0 Å². The van der Waals surface area contributed by atoms with Crippen LogP contribution in [-0.2, 0) is 12.1 Å². The summed E-state index contributed by atoms with van der Waals surface area (Å²) in [6, 6.07) is 38.2. The molecule has 1 aliphatic heterocycles. The van der Waals surface area contributed by atoms with Gasteiger partial charge in [-0.05, 0) is 33.7 Å². The molecule has 178 valence electrons. The average molecular weight is 471 g/mol. The third kappa shape index (κ3) is 4.16. The van der Waals surface area contributed by atoms with Gasteiger partial charge in [0.2, 0.25) is 0 Å². The lowest BCUT2D eigenvalue weighted by Crippen LogP contribution is -2.45. The van der Waals surface area contributed by atoms with Gasteiger partial charge in [0.1, 0.15) is 18.7 Å². The second-order valence-corrected chi connectivity index (χ2v) is 10.4. The lowest BCUT2D eigenvalue weighted by atomic mass is 9.88. The number of hydrogen-bond donors (Lipinski definition) is 1. The van der Waals surface area contributed by atoms with Crippen molar-refractivity contribution < 1.29 is 9.59 Å². The van der Waals surface area contributed by atoms with Crippen LogP contribution in [0.5, 0.6) is 0 Å². The summed E-state index contributed by atoms with van der Waals surface area (Å²) in [7, 11) is 0. The summed E-state index contributed by atoms with van der Waals surface area (Å²) in [5, 5.41) is 11.9. The van der Waals surface area contributed by atoms with Crippen molar-refractivity contribution in [2.45, 2.75) is 30.9 Å². The van der Waals surface area contributed by atoms with Crippen molar-refractivity contribution in [1.29, 1.82) is 0 Å². The quantitative estimate of drug-likeness (QED) is 0.261. The van der Waals surface area contributed by atoms with Crippen LogP contribution in [0.25, 0.3) is 11.1 Å². The van der Waals surface area contributed by atoms with Crippen LogP contribution in [0.1, 0.15) is 41.0 Å². The van der Waals surface area contributed by atoms with Gasteiger partial charge in [-0.15, -0.1) is 0 Å². The molecule has 0 radical (unpaired) electrons. The monoisotopic (exact) mass is 470 g/mol. The minimum atomic E-state index is -1.05. The van der Waals surface area contributed by atoms with Crippen LogP contribution in [0.3, 0.4) is 0 Å². The minimum absolute atomic E-state index is 0.411. The van der Waals surface area contributed by atoms with E-state index in [2.05, 4.69) is 84.6 Å². The van der Waals surface area contributed by atoms with Crippen molar-refractivity contribution in [3.05, 3.63) is 131 Å². The van der Waals surface area contributed by atoms with E-state index < -0.39 is 5.60 Å². The Kier molecular flexibility index (Phi) is 5.97. The lowest BCUT2D eigenvalue weighted by Gasteiger charge is -2.33. The first-order valence-electron chi connectivity index (χ1n) is 13.0. The molecular formula is C34H32NO+. The Morgan fingerprint density at radius 3 is 1.97 bits per heavy atom. The van der Waals surface area contributed by atoms with Crippen LogP contribution in [0, 0.1) is 11.8 Å². The van der Waals surface area contributed by atoms with Crippen molar-refractivity contribution in [3.8, 4) is 23.0 Å². The van der Waals surface area contributed by atoms with Crippen molar-refractivity contribution in [3.63, 3.8) is 0 Å². The van der Waals surface area contributed by atoms with Crippen LogP contribution < -0.4 is 0 Å². The van der Waals surface area contributed by atoms with Crippen molar-refractivity contribution in [1.82, 2.24) is 0 Å². The molecule has 4 aromatic carbocycles. The van der Waals surface area contributed by atoms with Crippen LogP contribution in [0.15, 0.2) is 109 Å². The lowest BCUT2D eigenvalue weighted by molar-refractivity contribution is -0.923. The Labute approximate surface area is 214 Å². The SMILES string of the molecule is OC1(CC#CC[N@+]2(Cc3ccccc3)CC[C@H](c3ccccc3)C2)c2ccccc2-c2ccccc21. The fourth-order valence-corrected chi connectivity index (χ4v) is 6.30. The third-order valence-electron chi connectivity index (χ3n) is 8.11.